The third kappa shape index (κ3) is 3.52. The molecule has 5 rings (SSSR count). The molecule has 4 nitrogen and oxygen atoms in total. The van der Waals surface area contributed by atoms with Crippen molar-refractivity contribution in [1.29, 1.82) is 5.26 Å². The van der Waals surface area contributed by atoms with E-state index in [1.807, 2.05) is 30.3 Å². The number of rotatable bonds is 3. The van der Waals surface area contributed by atoms with Gasteiger partial charge >= 0.3 is 5.63 Å². The van der Waals surface area contributed by atoms with Gasteiger partial charge in [-0.3, -0.25) is 0 Å². The van der Waals surface area contributed by atoms with Gasteiger partial charge in [-0.05, 0) is 46.7 Å². The zero-order valence-electron chi connectivity index (χ0n) is 16.0. The van der Waals surface area contributed by atoms with Gasteiger partial charge in [0.25, 0.3) is 0 Å². The number of aromatic nitrogens is 1. The van der Waals surface area contributed by atoms with Gasteiger partial charge in [0, 0.05) is 10.8 Å². The number of fused-ring (bicyclic) bond motifs is 3. The van der Waals surface area contributed by atoms with Gasteiger partial charge in [-0.15, -0.1) is 11.3 Å². The summed E-state index contributed by atoms with van der Waals surface area (Å²) in [5.74, 6) is -0.345. The minimum absolute atomic E-state index is 0.324. The molecule has 31 heavy (non-hydrogen) atoms. The van der Waals surface area contributed by atoms with E-state index < -0.39 is 5.63 Å². The largest absolute Gasteiger partial charge is 0.422 e. The van der Waals surface area contributed by atoms with Crippen LogP contribution in [0.5, 0.6) is 0 Å². The van der Waals surface area contributed by atoms with Crippen molar-refractivity contribution >= 4 is 44.7 Å². The lowest BCUT2D eigenvalue weighted by molar-refractivity contribution is 0.564. The number of nitrogens with zero attached hydrogens (tertiary/aromatic N) is 2. The van der Waals surface area contributed by atoms with Gasteiger partial charge in [-0.2, -0.15) is 5.26 Å². The Hall–Kier alpha value is -4.08. The number of allylic oxidation sites excluding steroid dienone is 1. The molecule has 0 N–H and O–H groups in total. The highest BCUT2D eigenvalue weighted by atomic mass is 32.1. The van der Waals surface area contributed by atoms with Crippen LogP contribution in [0.2, 0.25) is 0 Å². The van der Waals surface area contributed by atoms with E-state index in [1.165, 1.54) is 23.5 Å². The van der Waals surface area contributed by atoms with Gasteiger partial charge < -0.3 is 4.42 Å². The highest BCUT2D eigenvalue weighted by Crippen LogP contribution is 2.30. The SMILES string of the molecule is N#C/C(=C/c1ccc(F)cc1)c1csc(-c2cc3c(ccc4ccccc43)oc2=O)n1. The predicted molar refractivity (Wildman–Crippen MR) is 121 cm³/mol. The van der Waals surface area contributed by atoms with E-state index in [1.54, 1.807) is 35.7 Å². The van der Waals surface area contributed by atoms with Gasteiger partial charge in [0.1, 0.15) is 22.5 Å². The first-order valence-corrected chi connectivity index (χ1v) is 10.3. The molecule has 0 fully saturated rings. The zero-order chi connectivity index (χ0) is 21.4. The van der Waals surface area contributed by atoms with E-state index in [-0.39, 0.29) is 5.82 Å². The second kappa shape index (κ2) is 7.63. The highest BCUT2D eigenvalue weighted by Gasteiger charge is 2.15. The van der Waals surface area contributed by atoms with Crippen molar-refractivity contribution in [2.45, 2.75) is 0 Å². The molecule has 0 aliphatic rings. The summed E-state index contributed by atoms with van der Waals surface area (Å²) < 4.78 is 18.7. The standard InChI is InChI=1S/C25H13FN2O2S/c26-18-8-5-15(6-9-18)11-17(13-27)22-14-31-24(28-22)21-12-20-19-4-2-1-3-16(19)7-10-23(20)30-25(21)29/h1-12,14H/b17-11-. The maximum Gasteiger partial charge on any atom is 0.346 e. The summed E-state index contributed by atoms with van der Waals surface area (Å²) in [6, 6.07) is 21.3. The van der Waals surface area contributed by atoms with Gasteiger partial charge in [0.15, 0.2) is 0 Å². The molecule has 148 valence electrons. The van der Waals surface area contributed by atoms with Crippen LogP contribution in [0.25, 0.3) is 44.0 Å². The summed E-state index contributed by atoms with van der Waals surface area (Å²) in [7, 11) is 0. The Morgan fingerprint density at radius 1 is 1.06 bits per heavy atom. The van der Waals surface area contributed by atoms with Crippen molar-refractivity contribution in [2.24, 2.45) is 0 Å². The second-order valence-corrected chi connectivity index (χ2v) is 7.76. The first-order chi connectivity index (χ1) is 15.1. The van der Waals surface area contributed by atoms with Gasteiger partial charge in [0.2, 0.25) is 0 Å². The quantitative estimate of drug-likeness (QED) is 0.194. The minimum atomic E-state index is -0.482. The van der Waals surface area contributed by atoms with Crippen LogP contribution < -0.4 is 5.63 Å². The molecule has 0 spiro atoms. The number of thiazole rings is 1. The average Bonchev–Trinajstić information content (AvgIpc) is 3.28. The van der Waals surface area contributed by atoms with Crippen LogP contribution in [-0.2, 0) is 0 Å². The Bertz CT molecular complexity index is 1570. The smallest absolute Gasteiger partial charge is 0.346 e. The Kier molecular flexibility index (Phi) is 4.66. The van der Waals surface area contributed by atoms with Crippen molar-refractivity contribution in [3.63, 3.8) is 0 Å². The third-order valence-corrected chi connectivity index (χ3v) is 5.83. The molecule has 0 radical (unpaired) electrons. The zero-order valence-corrected chi connectivity index (χ0v) is 16.8. The number of hydrogen-bond acceptors (Lipinski definition) is 5. The van der Waals surface area contributed by atoms with Gasteiger partial charge in [-0.25, -0.2) is 14.2 Å². The van der Waals surface area contributed by atoms with E-state index in [9.17, 15) is 14.4 Å². The van der Waals surface area contributed by atoms with E-state index in [2.05, 4.69) is 11.1 Å². The summed E-state index contributed by atoms with van der Waals surface area (Å²) in [6.45, 7) is 0. The normalized spacial score (nSPS) is 11.7. The van der Waals surface area contributed by atoms with Gasteiger partial charge in [-0.1, -0.05) is 42.5 Å². The Labute approximate surface area is 180 Å². The number of hydrogen-bond donors (Lipinski definition) is 0. The molecule has 0 amide bonds. The van der Waals surface area contributed by atoms with E-state index in [4.69, 9.17) is 4.42 Å². The van der Waals surface area contributed by atoms with E-state index in [0.717, 1.165) is 16.2 Å². The highest BCUT2D eigenvalue weighted by molar-refractivity contribution is 7.13. The van der Waals surface area contributed by atoms with Crippen molar-refractivity contribution in [2.75, 3.05) is 0 Å². The van der Waals surface area contributed by atoms with Crippen LogP contribution in [0.1, 0.15) is 11.3 Å². The Morgan fingerprint density at radius 3 is 2.68 bits per heavy atom. The molecule has 0 aliphatic carbocycles. The number of nitriles is 1. The van der Waals surface area contributed by atoms with Crippen molar-refractivity contribution < 1.29 is 8.81 Å². The second-order valence-electron chi connectivity index (χ2n) is 6.91. The van der Waals surface area contributed by atoms with Crippen molar-refractivity contribution in [3.05, 3.63) is 99.6 Å². The molecule has 0 unspecified atom stereocenters. The maximum absolute atomic E-state index is 13.1. The fraction of sp³-hybridized carbons (Fsp3) is 0. The molecule has 0 aliphatic heterocycles. The molecule has 3 aromatic carbocycles. The molecular weight excluding hydrogens is 411 g/mol. The van der Waals surface area contributed by atoms with Crippen LogP contribution in [0.4, 0.5) is 4.39 Å². The lowest BCUT2D eigenvalue weighted by Crippen LogP contribution is -2.02. The van der Waals surface area contributed by atoms with Crippen molar-refractivity contribution in [1.82, 2.24) is 4.98 Å². The molecule has 2 heterocycles. The van der Waals surface area contributed by atoms with Crippen molar-refractivity contribution in [3.8, 4) is 16.6 Å². The van der Waals surface area contributed by atoms with Crippen LogP contribution >= 0.6 is 11.3 Å². The molecule has 0 bridgehead atoms. The molecule has 0 saturated heterocycles. The molecule has 5 aromatic rings. The third-order valence-electron chi connectivity index (χ3n) is 4.95. The van der Waals surface area contributed by atoms with E-state index >= 15 is 0 Å². The molecule has 0 atom stereocenters. The first kappa shape index (κ1) is 18.9. The molecule has 2 aromatic heterocycles. The lowest BCUT2D eigenvalue weighted by atomic mass is 10.0. The maximum atomic E-state index is 13.1. The average molecular weight is 424 g/mol. The molecule has 0 saturated carbocycles. The molecule has 6 heteroatoms. The van der Waals surface area contributed by atoms with Crippen LogP contribution in [0, 0.1) is 17.1 Å². The summed E-state index contributed by atoms with van der Waals surface area (Å²) >= 11 is 1.26. The Balaban J connectivity index is 1.61. The monoisotopic (exact) mass is 424 g/mol. The minimum Gasteiger partial charge on any atom is -0.422 e. The summed E-state index contributed by atoms with van der Waals surface area (Å²) in [6.07, 6.45) is 1.63. The molecular formula is C25H13FN2O2S. The van der Waals surface area contributed by atoms with Crippen LogP contribution in [0.3, 0.4) is 0 Å². The summed E-state index contributed by atoms with van der Waals surface area (Å²) in [4.78, 5) is 17.1. The number of benzene rings is 3. The predicted octanol–water partition coefficient (Wildman–Crippen LogP) is 6.27. The number of halogens is 1. The van der Waals surface area contributed by atoms with Gasteiger partial charge in [0.05, 0.1) is 16.8 Å². The van der Waals surface area contributed by atoms with E-state index in [0.29, 0.717) is 33.0 Å². The topological polar surface area (TPSA) is 66.9 Å². The Morgan fingerprint density at radius 2 is 1.87 bits per heavy atom. The van der Waals surface area contributed by atoms with Crippen LogP contribution in [0.15, 0.2) is 81.3 Å². The first-order valence-electron chi connectivity index (χ1n) is 9.41. The summed E-state index contributed by atoms with van der Waals surface area (Å²) in [5.41, 5.74) is 1.83. The fourth-order valence-corrected chi connectivity index (χ4v) is 4.25. The summed E-state index contributed by atoms with van der Waals surface area (Å²) in [5, 5.41) is 14.6. The lowest BCUT2D eigenvalue weighted by Gasteiger charge is -2.04. The fourth-order valence-electron chi connectivity index (χ4n) is 3.43. The van der Waals surface area contributed by atoms with Crippen LogP contribution in [-0.4, -0.2) is 4.98 Å².